The lowest BCUT2D eigenvalue weighted by atomic mass is 9.86. The zero-order valence-electron chi connectivity index (χ0n) is 11.1. The van der Waals surface area contributed by atoms with Crippen molar-refractivity contribution in [1.29, 1.82) is 0 Å². The number of anilines is 1. The van der Waals surface area contributed by atoms with Crippen LogP contribution in [0.15, 0.2) is 16.5 Å². The summed E-state index contributed by atoms with van der Waals surface area (Å²) in [5.41, 5.74) is 1.11. The van der Waals surface area contributed by atoms with Crippen molar-refractivity contribution in [2.75, 3.05) is 5.32 Å². The predicted octanol–water partition coefficient (Wildman–Crippen LogP) is 4.19. The molecule has 0 atom stereocenters. The van der Waals surface area contributed by atoms with E-state index in [0.29, 0.717) is 40.0 Å². The van der Waals surface area contributed by atoms with Crippen molar-refractivity contribution in [3.63, 3.8) is 0 Å². The topological polar surface area (TPSA) is 75.4 Å². The third-order valence-electron chi connectivity index (χ3n) is 3.81. The fourth-order valence-electron chi connectivity index (χ4n) is 2.68. The number of aliphatic carboxylic acids is 1. The van der Waals surface area contributed by atoms with Gasteiger partial charge >= 0.3 is 5.97 Å². The smallest absolute Gasteiger partial charge is 0.306 e. The number of hydrogen-bond donors (Lipinski definition) is 2. The Kier molecular flexibility index (Phi) is 3.95. The van der Waals surface area contributed by atoms with E-state index in [4.69, 9.17) is 32.7 Å². The average molecular weight is 329 g/mol. The number of nitrogens with one attached hydrogen (secondary N) is 1. The maximum atomic E-state index is 10.9. The summed E-state index contributed by atoms with van der Waals surface area (Å²) in [6.07, 6.45) is 2.90. The van der Waals surface area contributed by atoms with E-state index in [1.807, 2.05) is 0 Å². The van der Waals surface area contributed by atoms with Gasteiger partial charge in [0.15, 0.2) is 5.58 Å². The van der Waals surface area contributed by atoms with Crippen molar-refractivity contribution in [2.45, 2.75) is 31.7 Å². The van der Waals surface area contributed by atoms with E-state index in [1.54, 1.807) is 12.1 Å². The second-order valence-corrected chi connectivity index (χ2v) is 6.13. The minimum atomic E-state index is -0.711. The molecule has 0 saturated heterocycles. The minimum absolute atomic E-state index is 0.169. The number of carbonyl (C=O) groups is 1. The van der Waals surface area contributed by atoms with E-state index >= 15 is 0 Å². The van der Waals surface area contributed by atoms with Crippen LogP contribution in [0.4, 0.5) is 6.01 Å². The Morgan fingerprint density at radius 1 is 1.29 bits per heavy atom. The molecule has 5 nitrogen and oxygen atoms in total. The second-order valence-electron chi connectivity index (χ2n) is 5.29. The van der Waals surface area contributed by atoms with Gasteiger partial charge in [-0.2, -0.15) is 4.98 Å². The molecule has 7 heteroatoms. The van der Waals surface area contributed by atoms with Gasteiger partial charge in [0.25, 0.3) is 6.01 Å². The summed E-state index contributed by atoms with van der Waals surface area (Å²) in [4.78, 5) is 15.2. The highest BCUT2D eigenvalue weighted by Crippen LogP contribution is 2.32. The number of oxazole rings is 1. The monoisotopic (exact) mass is 328 g/mol. The van der Waals surface area contributed by atoms with Crippen LogP contribution in [-0.4, -0.2) is 22.1 Å². The minimum Gasteiger partial charge on any atom is -0.481 e. The third-order valence-corrected chi connectivity index (χ3v) is 4.31. The molecule has 2 aromatic rings. The summed E-state index contributed by atoms with van der Waals surface area (Å²) >= 11 is 12.0. The van der Waals surface area contributed by atoms with Crippen molar-refractivity contribution < 1.29 is 14.3 Å². The predicted molar refractivity (Wildman–Crippen MR) is 81.0 cm³/mol. The summed E-state index contributed by atoms with van der Waals surface area (Å²) in [7, 11) is 0. The molecule has 0 spiro atoms. The van der Waals surface area contributed by atoms with Crippen LogP contribution < -0.4 is 5.32 Å². The van der Waals surface area contributed by atoms with Crippen molar-refractivity contribution in [1.82, 2.24) is 4.98 Å². The third kappa shape index (κ3) is 3.09. The standard InChI is InChI=1S/C14H14Cl2N2O3/c15-8-5-10(16)12-11(6-8)18-14(21-12)17-9-3-1-7(2-4-9)13(19)20/h5-7,9H,1-4H2,(H,17,18)(H,19,20). The van der Waals surface area contributed by atoms with Gasteiger partial charge in [0, 0.05) is 11.1 Å². The number of nitrogens with zero attached hydrogens (tertiary/aromatic N) is 1. The molecule has 1 aliphatic carbocycles. The van der Waals surface area contributed by atoms with Gasteiger partial charge in [-0.3, -0.25) is 4.79 Å². The number of fused-ring (bicyclic) bond motifs is 1. The molecule has 1 fully saturated rings. The Balaban J connectivity index is 1.71. The lowest BCUT2D eigenvalue weighted by Crippen LogP contribution is -2.29. The Bertz CT molecular complexity index is 678. The van der Waals surface area contributed by atoms with E-state index in [0.717, 1.165) is 12.8 Å². The number of benzene rings is 1. The van der Waals surface area contributed by atoms with Crippen LogP contribution in [-0.2, 0) is 4.79 Å². The number of carboxylic acid groups (broad SMARTS) is 1. The fraction of sp³-hybridized carbons (Fsp3) is 0.429. The van der Waals surface area contributed by atoms with Crippen LogP contribution in [0.1, 0.15) is 25.7 Å². The Morgan fingerprint density at radius 3 is 2.67 bits per heavy atom. The van der Waals surface area contributed by atoms with Crippen LogP contribution in [0.25, 0.3) is 11.1 Å². The van der Waals surface area contributed by atoms with Gasteiger partial charge in [0.05, 0.1) is 10.9 Å². The summed E-state index contributed by atoms with van der Waals surface area (Å²) < 4.78 is 5.60. The van der Waals surface area contributed by atoms with Crippen molar-refractivity contribution in [3.05, 3.63) is 22.2 Å². The first-order valence-corrected chi connectivity index (χ1v) is 7.53. The molecule has 1 aliphatic rings. The molecule has 1 saturated carbocycles. The normalized spacial score (nSPS) is 22.4. The highest BCUT2D eigenvalue weighted by molar-refractivity contribution is 6.38. The number of halogens is 2. The molecule has 0 amide bonds. The van der Waals surface area contributed by atoms with Gasteiger partial charge in [0.1, 0.15) is 5.52 Å². The molecular weight excluding hydrogens is 315 g/mol. The molecule has 1 heterocycles. The molecule has 0 unspecified atom stereocenters. The van der Waals surface area contributed by atoms with Crippen molar-refractivity contribution in [2.24, 2.45) is 5.92 Å². The van der Waals surface area contributed by atoms with Gasteiger partial charge in [-0.25, -0.2) is 0 Å². The van der Waals surface area contributed by atoms with Crippen molar-refractivity contribution in [3.8, 4) is 0 Å². The average Bonchev–Trinajstić information content (AvgIpc) is 2.82. The Labute approximate surface area is 131 Å². The van der Waals surface area contributed by atoms with Gasteiger partial charge in [-0.15, -0.1) is 0 Å². The van der Waals surface area contributed by atoms with Crippen molar-refractivity contribution >= 4 is 46.3 Å². The van der Waals surface area contributed by atoms with E-state index < -0.39 is 5.97 Å². The summed E-state index contributed by atoms with van der Waals surface area (Å²) in [5.74, 6) is -0.948. The van der Waals surface area contributed by atoms with E-state index in [-0.39, 0.29) is 12.0 Å². The van der Waals surface area contributed by atoms with Crippen LogP contribution in [0, 0.1) is 5.92 Å². The highest BCUT2D eigenvalue weighted by atomic mass is 35.5. The van der Waals surface area contributed by atoms with Gasteiger partial charge in [-0.05, 0) is 37.8 Å². The lowest BCUT2D eigenvalue weighted by molar-refractivity contribution is -0.142. The first-order valence-electron chi connectivity index (χ1n) is 6.78. The summed E-state index contributed by atoms with van der Waals surface area (Å²) in [6, 6.07) is 3.87. The number of aromatic nitrogens is 1. The van der Waals surface area contributed by atoms with Gasteiger partial charge in [0.2, 0.25) is 0 Å². The maximum absolute atomic E-state index is 10.9. The van der Waals surface area contributed by atoms with Crippen LogP contribution in [0.5, 0.6) is 0 Å². The molecule has 112 valence electrons. The first-order chi connectivity index (χ1) is 10.0. The largest absolute Gasteiger partial charge is 0.481 e. The summed E-state index contributed by atoms with van der Waals surface area (Å²) in [6.45, 7) is 0. The van der Waals surface area contributed by atoms with Gasteiger partial charge < -0.3 is 14.8 Å². The molecule has 1 aromatic carbocycles. The summed E-state index contributed by atoms with van der Waals surface area (Å²) in [5, 5.41) is 13.1. The van der Waals surface area contributed by atoms with Gasteiger partial charge in [-0.1, -0.05) is 23.2 Å². The van der Waals surface area contributed by atoms with Crippen LogP contribution >= 0.6 is 23.2 Å². The molecule has 0 bridgehead atoms. The Hall–Kier alpha value is -1.46. The second kappa shape index (κ2) is 5.73. The molecule has 21 heavy (non-hydrogen) atoms. The zero-order chi connectivity index (χ0) is 15.0. The highest BCUT2D eigenvalue weighted by Gasteiger charge is 2.26. The molecule has 0 radical (unpaired) electrons. The van der Waals surface area contributed by atoms with Crippen LogP contribution in [0.2, 0.25) is 10.0 Å². The quantitative estimate of drug-likeness (QED) is 0.883. The number of carboxylic acids is 1. The Morgan fingerprint density at radius 2 is 2.00 bits per heavy atom. The lowest BCUT2D eigenvalue weighted by Gasteiger charge is -2.26. The van der Waals surface area contributed by atoms with Crippen LogP contribution in [0.3, 0.4) is 0 Å². The number of hydrogen-bond acceptors (Lipinski definition) is 4. The molecule has 1 aromatic heterocycles. The van der Waals surface area contributed by atoms with E-state index in [2.05, 4.69) is 10.3 Å². The molecule has 3 rings (SSSR count). The SMILES string of the molecule is O=C(O)C1CCC(Nc2nc3cc(Cl)cc(Cl)c3o2)CC1. The maximum Gasteiger partial charge on any atom is 0.306 e. The fourth-order valence-corrected chi connectivity index (χ4v) is 3.20. The van der Waals surface area contributed by atoms with E-state index in [9.17, 15) is 4.79 Å². The number of rotatable bonds is 3. The molecule has 0 aliphatic heterocycles. The zero-order valence-corrected chi connectivity index (χ0v) is 12.6. The molecular formula is C14H14Cl2N2O3. The first kappa shape index (κ1) is 14.5. The van der Waals surface area contributed by atoms with E-state index in [1.165, 1.54) is 0 Å². The molecule has 2 N–H and O–H groups in total.